The maximum atomic E-state index is 11.9. The third-order valence-electron chi connectivity index (χ3n) is 2.42. The molecule has 0 aromatic heterocycles. The van der Waals surface area contributed by atoms with Gasteiger partial charge < -0.3 is 0 Å². The van der Waals surface area contributed by atoms with Gasteiger partial charge in [0.2, 0.25) is 0 Å². The molecular weight excluding hydrogens is 252 g/mol. The molecule has 0 radical (unpaired) electrons. The van der Waals surface area contributed by atoms with Gasteiger partial charge in [-0.1, -0.05) is 58.4 Å². The highest BCUT2D eigenvalue weighted by Gasteiger charge is 2.14. The number of halogens is 1. The highest BCUT2D eigenvalue weighted by molar-refractivity contribution is 9.10. The maximum Gasteiger partial charge on any atom is 0.164 e. The Kier molecular flexibility index (Phi) is 3.17. The lowest BCUT2D eigenvalue weighted by atomic mass is 10.00. The van der Waals surface area contributed by atoms with Gasteiger partial charge in [-0.2, -0.15) is 0 Å². The van der Waals surface area contributed by atoms with Gasteiger partial charge in [0, 0.05) is 22.4 Å². The van der Waals surface area contributed by atoms with Crippen LogP contribution in [0.3, 0.4) is 0 Å². The van der Waals surface area contributed by atoms with Crippen LogP contribution in [0.15, 0.2) is 53.0 Å². The molecule has 0 aliphatic heterocycles. The van der Waals surface area contributed by atoms with Gasteiger partial charge in [0.1, 0.15) is 0 Å². The summed E-state index contributed by atoms with van der Waals surface area (Å²) >= 11 is 3.39. The molecule has 2 heteroatoms. The summed E-state index contributed by atoms with van der Waals surface area (Å²) < 4.78 is 0.876. The second-order valence-corrected chi connectivity index (χ2v) is 4.40. The van der Waals surface area contributed by atoms with Crippen molar-refractivity contribution in [3.63, 3.8) is 0 Å². The molecule has 0 amide bonds. The van der Waals surface area contributed by atoms with Crippen molar-refractivity contribution in [1.29, 1.82) is 0 Å². The van der Waals surface area contributed by atoms with Gasteiger partial charge >= 0.3 is 0 Å². The summed E-state index contributed by atoms with van der Waals surface area (Å²) in [5, 5.41) is 0. The van der Waals surface area contributed by atoms with E-state index in [1.54, 1.807) is 0 Å². The van der Waals surface area contributed by atoms with Crippen LogP contribution in [0.25, 0.3) is 0 Å². The second-order valence-electron chi connectivity index (χ2n) is 3.54. The van der Waals surface area contributed by atoms with Crippen molar-refractivity contribution in [1.82, 2.24) is 0 Å². The van der Waals surface area contributed by atoms with E-state index in [1.807, 2.05) is 36.4 Å². The lowest BCUT2D eigenvalue weighted by molar-refractivity contribution is 0.0975. The van der Waals surface area contributed by atoms with Crippen molar-refractivity contribution in [2.45, 2.75) is 6.42 Å². The summed E-state index contributed by atoms with van der Waals surface area (Å²) in [6, 6.07) is 7.55. The van der Waals surface area contributed by atoms with Crippen LogP contribution in [0.1, 0.15) is 16.8 Å². The van der Waals surface area contributed by atoms with E-state index in [1.165, 1.54) is 0 Å². The van der Waals surface area contributed by atoms with Crippen molar-refractivity contribution in [2.75, 3.05) is 0 Å². The highest BCUT2D eigenvalue weighted by atomic mass is 79.9. The SMILES string of the molecule is O=C(CC1C=CC=C1)c1ccccc1Br. The van der Waals surface area contributed by atoms with Crippen LogP contribution < -0.4 is 0 Å². The predicted octanol–water partition coefficient (Wildman–Crippen LogP) is 3.76. The van der Waals surface area contributed by atoms with E-state index in [4.69, 9.17) is 0 Å². The molecule has 0 unspecified atom stereocenters. The molecular formula is C13H11BrO. The first-order chi connectivity index (χ1) is 7.27. The van der Waals surface area contributed by atoms with Gasteiger partial charge in [-0.3, -0.25) is 4.79 Å². The molecule has 0 bridgehead atoms. The molecule has 0 atom stereocenters. The van der Waals surface area contributed by atoms with Crippen LogP contribution >= 0.6 is 15.9 Å². The topological polar surface area (TPSA) is 17.1 Å². The molecule has 0 fully saturated rings. The lowest BCUT2D eigenvalue weighted by Gasteiger charge is -2.05. The largest absolute Gasteiger partial charge is 0.294 e. The standard InChI is InChI=1S/C13H11BrO/c14-12-8-4-3-7-11(12)13(15)9-10-5-1-2-6-10/h1-8,10H,9H2. The van der Waals surface area contributed by atoms with Gasteiger partial charge in [0.05, 0.1) is 0 Å². The number of benzene rings is 1. The minimum atomic E-state index is 0.184. The summed E-state index contributed by atoms with van der Waals surface area (Å²) in [6.45, 7) is 0. The molecule has 1 nitrogen and oxygen atoms in total. The van der Waals surface area contributed by atoms with Gasteiger partial charge in [-0.15, -0.1) is 0 Å². The Morgan fingerprint density at radius 2 is 1.87 bits per heavy atom. The zero-order valence-corrected chi connectivity index (χ0v) is 9.78. The number of carbonyl (C=O) groups excluding carboxylic acids is 1. The number of Topliss-reactive ketones (excluding diaryl/α,β-unsaturated/α-hetero) is 1. The number of hydrogen-bond donors (Lipinski definition) is 0. The van der Waals surface area contributed by atoms with E-state index in [0.717, 1.165) is 10.0 Å². The minimum Gasteiger partial charge on any atom is -0.294 e. The number of rotatable bonds is 3. The molecule has 0 heterocycles. The summed E-state index contributed by atoms with van der Waals surface area (Å²) in [4.78, 5) is 11.9. The van der Waals surface area contributed by atoms with Gasteiger partial charge in [0.25, 0.3) is 0 Å². The maximum absolute atomic E-state index is 11.9. The van der Waals surface area contributed by atoms with Crippen molar-refractivity contribution < 1.29 is 4.79 Å². The molecule has 1 aromatic carbocycles. The Bertz CT molecular complexity index is 420. The Hall–Kier alpha value is -1.15. The molecule has 2 rings (SSSR count). The van der Waals surface area contributed by atoms with E-state index in [-0.39, 0.29) is 11.7 Å². The van der Waals surface area contributed by atoms with Crippen LogP contribution in [0, 0.1) is 5.92 Å². The van der Waals surface area contributed by atoms with E-state index in [2.05, 4.69) is 28.1 Å². The van der Waals surface area contributed by atoms with Gasteiger partial charge in [0.15, 0.2) is 5.78 Å². The van der Waals surface area contributed by atoms with Crippen molar-refractivity contribution in [3.8, 4) is 0 Å². The fourth-order valence-corrected chi connectivity index (χ4v) is 2.13. The molecule has 0 N–H and O–H groups in total. The summed E-state index contributed by atoms with van der Waals surface area (Å²) in [5.41, 5.74) is 0.770. The van der Waals surface area contributed by atoms with Crippen LogP contribution in [0.4, 0.5) is 0 Å². The minimum absolute atomic E-state index is 0.184. The second kappa shape index (κ2) is 4.58. The summed E-state index contributed by atoms with van der Waals surface area (Å²) in [5.74, 6) is 0.452. The summed E-state index contributed by atoms with van der Waals surface area (Å²) in [7, 11) is 0. The zero-order valence-electron chi connectivity index (χ0n) is 8.19. The number of carbonyl (C=O) groups is 1. The molecule has 1 aliphatic rings. The van der Waals surface area contributed by atoms with Crippen molar-refractivity contribution >= 4 is 21.7 Å². The lowest BCUT2D eigenvalue weighted by Crippen LogP contribution is -2.04. The summed E-state index contributed by atoms with van der Waals surface area (Å²) in [6.07, 6.45) is 8.62. The highest BCUT2D eigenvalue weighted by Crippen LogP contribution is 2.21. The van der Waals surface area contributed by atoms with Crippen LogP contribution in [-0.2, 0) is 0 Å². The van der Waals surface area contributed by atoms with E-state index in [0.29, 0.717) is 6.42 Å². The van der Waals surface area contributed by atoms with Crippen molar-refractivity contribution in [3.05, 3.63) is 58.6 Å². The molecule has 1 aliphatic carbocycles. The first kappa shape index (κ1) is 10.4. The third-order valence-corrected chi connectivity index (χ3v) is 3.11. The van der Waals surface area contributed by atoms with Crippen LogP contribution in [-0.4, -0.2) is 5.78 Å². The molecule has 1 aromatic rings. The van der Waals surface area contributed by atoms with Gasteiger partial charge in [-0.05, 0) is 6.07 Å². The van der Waals surface area contributed by atoms with E-state index < -0.39 is 0 Å². The number of ketones is 1. The molecule has 15 heavy (non-hydrogen) atoms. The molecule has 0 spiro atoms. The van der Waals surface area contributed by atoms with E-state index in [9.17, 15) is 4.79 Å². The average Bonchev–Trinajstić information content (AvgIpc) is 2.71. The fraction of sp³-hybridized carbons (Fsp3) is 0.154. The average molecular weight is 263 g/mol. The predicted molar refractivity (Wildman–Crippen MR) is 64.9 cm³/mol. The monoisotopic (exact) mass is 262 g/mol. The Labute approximate surface area is 97.6 Å². The molecule has 0 saturated heterocycles. The Morgan fingerprint density at radius 1 is 1.20 bits per heavy atom. The fourth-order valence-electron chi connectivity index (χ4n) is 1.63. The van der Waals surface area contributed by atoms with Crippen molar-refractivity contribution in [2.24, 2.45) is 5.92 Å². The first-order valence-electron chi connectivity index (χ1n) is 4.90. The zero-order chi connectivity index (χ0) is 10.7. The van der Waals surface area contributed by atoms with Crippen LogP contribution in [0.5, 0.6) is 0 Å². The molecule has 76 valence electrons. The number of allylic oxidation sites excluding steroid dienone is 4. The smallest absolute Gasteiger partial charge is 0.164 e. The quantitative estimate of drug-likeness (QED) is 0.759. The molecule has 0 saturated carbocycles. The first-order valence-corrected chi connectivity index (χ1v) is 5.69. The Balaban J connectivity index is 2.11. The van der Waals surface area contributed by atoms with Crippen LogP contribution in [0.2, 0.25) is 0 Å². The third kappa shape index (κ3) is 2.45. The Morgan fingerprint density at radius 3 is 2.53 bits per heavy atom. The normalized spacial score (nSPS) is 14.7. The van der Waals surface area contributed by atoms with E-state index >= 15 is 0 Å². The van der Waals surface area contributed by atoms with Gasteiger partial charge in [-0.25, -0.2) is 0 Å². The number of hydrogen-bond acceptors (Lipinski definition) is 1.